The van der Waals surface area contributed by atoms with E-state index >= 15 is 0 Å². The normalized spacial score (nSPS) is 11.0. The van der Waals surface area contributed by atoms with Gasteiger partial charge in [0.2, 0.25) is 0 Å². The summed E-state index contributed by atoms with van der Waals surface area (Å²) in [5.74, 6) is 0.217. The fraction of sp³-hybridized carbons (Fsp3) is 0.615. The largest absolute Gasteiger partial charge is 0.348 e. The topological polar surface area (TPSA) is 25.2 Å². The van der Waals surface area contributed by atoms with Crippen molar-refractivity contribution < 1.29 is 4.79 Å². The molecule has 1 heterocycles. The summed E-state index contributed by atoms with van der Waals surface area (Å²) in [5.41, 5.74) is 0.803. The zero-order chi connectivity index (χ0) is 12.0. The van der Waals surface area contributed by atoms with Gasteiger partial charge in [0, 0.05) is 13.2 Å². The predicted octanol–water partition coefficient (Wildman–Crippen LogP) is 2.33. The average Bonchev–Trinajstić information content (AvgIpc) is 2.65. The van der Waals surface area contributed by atoms with E-state index in [9.17, 15) is 4.79 Å². The van der Waals surface area contributed by atoms with E-state index in [1.165, 1.54) is 0 Å². The van der Waals surface area contributed by atoms with Gasteiger partial charge in [-0.25, -0.2) is 0 Å². The Bertz CT molecular complexity index is 324. The van der Waals surface area contributed by atoms with E-state index in [1.807, 2.05) is 29.9 Å². The molecule has 0 aliphatic rings. The van der Waals surface area contributed by atoms with Crippen molar-refractivity contribution >= 4 is 5.78 Å². The first kappa shape index (κ1) is 13.0. The molecule has 0 radical (unpaired) electrons. The second-order valence-corrected chi connectivity index (χ2v) is 4.20. The van der Waals surface area contributed by atoms with Crippen LogP contribution in [0.1, 0.15) is 37.2 Å². The molecular weight excluding hydrogens is 200 g/mol. The van der Waals surface area contributed by atoms with E-state index in [0.29, 0.717) is 6.54 Å². The Hall–Kier alpha value is -1.09. The Labute approximate surface area is 98.1 Å². The summed E-state index contributed by atoms with van der Waals surface area (Å²) in [6, 6.07) is 3.80. The molecule has 0 saturated heterocycles. The number of aryl methyl sites for hydroxylation is 1. The van der Waals surface area contributed by atoms with Gasteiger partial charge in [-0.05, 0) is 38.1 Å². The number of hydrogen-bond donors (Lipinski definition) is 0. The van der Waals surface area contributed by atoms with Crippen LogP contribution in [0.4, 0.5) is 0 Å². The summed E-state index contributed by atoms with van der Waals surface area (Å²) in [4.78, 5) is 14.3. The molecule has 0 amide bonds. The second kappa shape index (κ2) is 6.48. The number of carbonyl (C=O) groups is 1. The summed E-state index contributed by atoms with van der Waals surface area (Å²) in [6.07, 6.45) is 4.11. The van der Waals surface area contributed by atoms with Crippen molar-refractivity contribution in [1.29, 1.82) is 0 Å². The van der Waals surface area contributed by atoms with Crippen molar-refractivity contribution in [2.24, 2.45) is 7.05 Å². The first-order chi connectivity index (χ1) is 7.69. The molecule has 0 saturated carbocycles. The minimum atomic E-state index is 0.217. The highest BCUT2D eigenvalue weighted by molar-refractivity contribution is 5.96. The quantitative estimate of drug-likeness (QED) is 0.662. The van der Waals surface area contributed by atoms with E-state index in [0.717, 1.165) is 31.6 Å². The Morgan fingerprint density at radius 3 is 2.38 bits per heavy atom. The number of hydrogen-bond acceptors (Lipinski definition) is 2. The number of carbonyl (C=O) groups excluding carboxylic acids is 1. The van der Waals surface area contributed by atoms with E-state index in [4.69, 9.17) is 0 Å². The molecule has 0 aliphatic carbocycles. The van der Waals surface area contributed by atoms with E-state index in [1.54, 1.807) is 0 Å². The van der Waals surface area contributed by atoms with Crippen molar-refractivity contribution in [3.05, 3.63) is 24.0 Å². The minimum absolute atomic E-state index is 0.217. The lowest BCUT2D eigenvalue weighted by Crippen LogP contribution is -2.32. The van der Waals surface area contributed by atoms with Crippen LogP contribution < -0.4 is 0 Å². The molecular formula is C13H22N2O. The maximum Gasteiger partial charge on any atom is 0.193 e. The zero-order valence-corrected chi connectivity index (χ0v) is 10.6. The lowest BCUT2D eigenvalue weighted by Gasteiger charge is -2.19. The summed E-state index contributed by atoms with van der Waals surface area (Å²) in [5, 5.41) is 0. The first-order valence-corrected chi connectivity index (χ1v) is 6.05. The molecule has 0 atom stereocenters. The highest BCUT2D eigenvalue weighted by Gasteiger charge is 2.13. The first-order valence-electron chi connectivity index (χ1n) is 6.05. The molecule has 0 bridgehead atoms. The Kier molecular flexibility index (Phi) is 5.26. The van der Waals surface area contributed by atoms with Gasteiger partial charge in [-0.15, -0.1) is 0 Å². The molecule has 0 aliphatic heterocycles. The molecule has 0 N–H and O–H groups in total. The summed E-state index contributed by atoms with van der Waals surface area (Å²) >= 11 is 0. The number of ketones is 1. The summed E-state index contributed by atoms with van der Waals surface area (Å²) in [6.45, 7) is 6.85. The monoisotopic (exact) mass is 222 g/mol. The Morgan fingerprint density at radius 1 is 1.31 bits per heavy atom. The molecule has 0 unspecified atom stereocenters. The molecule has 1 aromatic heterocycles. The smallest absolute Gasteiger partial charge is 0.193 e. The van der Waals surface area contributed by atoms with Gasteiger partial charge in [0.1, 0.15) is 0 Å². The predicted molar refractivity (Wildman–Crippen MR) is 66.8 cm³/mol. The van der Waals surface area contributed by atoms with E-state index in [2.05, 4.69) is 18.7 Å². The van der Waals surface area contributed by atoms with Crippen LogP contribution in [0.3, 0.4) is 0 Å². The van der Waals surface area contributed by atoms with Crippen LogP contribution in [0.15, 0.2) is 18.3 Å². The SMILES string of the molecule is CCCN(CCC)CC(=O)c1cccn1C. The van der Waals surface area contributed by atoms with Crippen molar-refractivity contribution in [3.8, 4) is 0 Å². The standard InChI is InChI=1S/C13H22N2O/c1-4-8-15(9-5-2)11-13(16)12-7-6-10-14(12)3/h6-7,10H,4-5,8-9,11H2,1-3H3. The molecule has 0 aromatic carbocycles. The average molecular weight is 222 g/mol. The third-order valence-electron chi connectivity index (χ3n) is 2.68. The van der Waals surface area contributed by atoms with Gasteiger partial charge in [-0.3, -0.25) is 9.69 Å². The van der Waals surface area contributed by atoms with Gasteiger partial charge in [0.25, 0.3) is 0 Å². The van der Waals surface area contributed by atoms with Crippen molar-refractivity contribution in [1.82, 2.24) is 9.47 Å². The van der Waals surface area contributed by atoms with Crippen LogP contribution >= 0.6 is 0 Å². The number of rotatable bonds is 7. The highest BCUT2D eigenvalue weighted by atomic mass is 16.1. The van der Waals surface area contributed by atoms with Gasteiger partial charge < -0.3 is 4.57 Å². The third kappa shape index (κ3) is 3.49. The molecule has 1 rings (SSSR count). The number of Topliss-reactive ketones (excluding diaryl/α,β-unsaturated/α-hetero) is 1. The van der Waals surface area contributed by atoms with Crippen molar-refractivity contribution in [2.75, 3.05) is 19.6 Å². The van der Waals surface area contributed by atoms with Gasteiger partial charge >= 0.3 is 0 Å². The molecule has 16 heavy (non-hydrogen) atoms. The molecule has 0 fully saturated rings. The van der Waals surface area contributed by atoms with E-state index < -0.39 is 0 Å². The second-order valence-electron chi connectivity index (χ2n) is 4.20. The summed E-state index contributed by atoms with van der Waals surface area (Å²) in [7, 11) is 1.91. The highest BCUT2D eigenvalue weighted by Crippen LogP contribution is 2.03. The molecule has 0 spiro atoms. The maximum atomic E-state index is 12.0. The number of nitrogens with zero attached hydrogens (tertiary/aromatic N) is 2. The van der Waals surface area contributed by atoms with Gasteiger partial charge in [0.15, 0.2) is 5.78 Å². The summed E-state index contributed by atoms with van der Waals surface area (Å²) < 4.78 is 1.89. The zero-order valence-electron chi connectivity index (χ0n) is 10.6. The fourth-order valence-electron chi connectivity index (χ4n) is 1.94. The molecule has 3 nitrogen and oxygen atoms in total. The number of aromatic nitrogens is 1. The van der Waals surface area contributed by atoms with Crippen LogP contribution in [0.2, 0.25) is 0 Å². The van der Waals surface area contributed by atoms with Crippen molar-refractivity contribution in [3.63, 3.8) is 0 Å². The minimum Gasteiger partial charge on any atom is -0.348 e. The van der Waals surface area contributed by atoms with Gasteiger partial charge in [0.05, 0.1) is 12.2 Å². The molecule has 3 heteroatoms. The van der Waals surface area contributed by atoms with Crippen LogP contribution in [-0.4, -0.2) is 34.9 Å². The van der Waals surface area contributed by atoms with Crippen LogP contribution in [-0.2, 0) is 7.05 Å². The Morgan fingerprint density at radius 2 is 1.94 bits per heavy atom. The van der Waals surface area contributed by atoms with Crippen molar-refractivity contribution in [2.45, 2.75) is 26.7 Å². The van der Waals surface area contributed by atoms with Gasteiger partial charge in [-0.1, -0.05) is 13.8 Å². The van der Waals surface area contributed by atoms with E-state index in [-0.39, 0.29) is 5.78 Å². The van der Waals surface area contributed by atoms with Crippen LogP contribution in [0.25, 0.3) is 0 Å². The molecule has 90 valence electrons. The lowest BCUT2D eigenvalue weighted by molar-refractivity contribution is 0.0922. The lowest BCUT2D eigenvalue weighted by atomic mass is 10.2. The van der Waals surface area contributed by atoms with Crippen LogP contribution in [0, 0.1) is 0 Å². The Balaban J connectivity index is 2.58. The van der Waals surface area contributed by atoms with Crippen LogP contribution in [0.5, 0.6) is 0 Å². The van der Waals surface area contributed by atoms with Gasteiger partial charge in [-0.2, -0.15) is 0 Å². The third-order valence-corrected chi connectivity index (χ3v) is 2.68. The molecule has 1 aromatic rings. The fourth-order valence-corrected chi connectivity index (χ4v) is 1.94. The maximum absolute atomic E-state index is 12.0.